The van der Waals surface area contributed by atoms with Crippen molar-refractivity contribution in [3.8, 4) is 0 Å². The molecule has 5 heteroatoms. The van der Waals surface area contributed by atoms with Gasteiger partial charge in [-0.3, -0.25) is 9.59 Å². The fourth-order valence-corrected chi connectivity index (χ4v) is 6.84. The number of unbranched alkanes of at least 4 members (excludes halogenated alkanes) is 19. The zero-order valence-electron chi connectivity index (χ0n) is 40.6. The lowest BCUT2D eigenvalue weighted by molar-refractivity contribution is -0.163. The highest BCUT2D eigenvalue weighted by Crippen LogP contribution is 2.14. The number of carbonyl (C=O) groups excluding carboxylic acids is 2. The zero-order valence-corrected chi connectivity index (χ0v) is 40.6. The Labute approximate surface area is 383 Å². The van der Waals surface area contributed by atoms with Crippen molar-refractivity contribution in [3.63, 3.8) is 0 Å². The average molecular weight is 861 g/mol. The van der Waals surface area contributed by atoms with Crippen LogP contribution in [0.25, 0.3) is 0 Å². The molecule has 0 aromatic carbocycles. The summed E-state index contributed by atoms with van der Waals surface area (Å²) in [4.78, 5) is 25.4. The van der Waals surface area contributed by atoms with Gasteiger partial charge in [-0.25, -0.2) is 0 Å². The molecule has 1 atom stereocenters. The molecule has 0 heterocycles. The Morgan fingerprint density at radius 2 is 0.726 bits per heavy atom. The summed E-state index contributed by atoms with van der Waals surface area (Å²) in [5.74, 6) is -0.456. The Morgan fingerprint density at radius 3 is 1.16 bits per heavy atom. The van der Waals surface area contributed by atoms with Crippen molar-refractivity contribution in [2.75, 3.05) is 19.8 Å². The van der Waals surface area contributed by atoms with Crippen LogP contribution in [-0.2, 0) is 23.8 Å². The Balaban J connectivity index is 4.38. The van der Waals surface area contributed by atoms with Crippen molar-refractivity contribution < 1.29 is 23.8 Å². The molecule has 0 bridgehead atoms. The fraction of sp³-hybridized carbons (Fsp3) is 0.684. The van der Waals surface area contributed by atoms with Crippen LogP contribution in [0, 0.1) is 0 Å². The van der Waals surface area contributed by atoms with E-state index in [1.807, 2.05) is 0 Å². The summed E-state index contributed by atoms with van der Waals surface area (Å²) in [5, 5.41) is 0. The van der Waals surface area contributed by atoms with Crippen molar-refractivity contribution in [1.29, 1.82) is 0 Å². The Hall–Kier alpha value is -3.18. The van der Waals surface area contributed by atoms with Crippen molar-refractivity contribution in [2.45, 2.75) is 232 Å². The van der Waals surface area contributed by atoms with E-state index in [2.05, 4.69) is 118 Å². The predicted octanol–water partition coefficient (Wildman–Crippen LogP) is 17.5. The van der Waals surface area contributed by atoms with Gasteiger partial charge in [-0.15, -0.1) is 0 Å². The second-order valence-electron chi connectivity index (χ2n) is 16.7. The molecular formula is C57H96O5. The lowest BCUT2D eigenvalue weighted by Crippen LogP contribution is -2.30. The maximum absolute atomic E-state index is 12.8. The number of allylic oxidation sites excluding steroid dienone is 16. The lowest BCUT2D eigenvalue weighted by atomic mass is 10.0. The molecule has 0 aliphatic heterocycles. The molecule has 0 spiro atoms. The Morgan fingerprint density at radius 1 is 0.371 bits per heavy atom. The van der Waals surface area contributed by atoms with E-state index >= 15 is 0 Å². The van der Waals surface area contributed by atoms with Gasteiger partial charge in [0.25, 0.3) is 0 Å². The van der Waals surface area contributed by atoms with Gasteiger partial charge < -0.3 is 14.2 Å². The normalized spacial score (nSPS) is 13.0. The molecule has 0 aromatic rings. The fourth-order valence-electron chi connectivity index (χ4n) is 6.84. The standard InChI is InChI=1S/C57H96O5/c1-4-7-10-13-16-19-22-25-27-28-29-31-34-37-40-43-46-49-52-60-53-55(62-57(59)51-48-45-42-39-36-32-24-21-18-15-12-9-6-3)54-61-56(58)50-47-44-41-38-35-33-30-26-23-20-17-14-11-8-5-2/h7,9-10,12,16,18-19,21,25,27,29,31-32,36-37,40,55H,4-6,8,11,13-15,17,20,22-24,26,28,30,33-35,38-39,41-54H2,1-3H3/b10-7-,12-9-,19-16-,21-18-,27-25-,31-29-,36-32-,40-37-. The molecule has 62 heavy (non-hydrogen) atoms. The number of esters is 2. The van der Waals surface area contributed by atoms with Crippen molar-refractivity contribution in [3.05, 3.63) is 97.2 Å². The van der Waals surface area contributed by atoms with E-state index in [1.54, 1.807) is 0 Å². The smallest absolute Gasteiger partial charge is 0.306 e. The Kier molecular flexibility index (Phi) is 49.5. The molecule has 0 amide bonds. The summed E-state index contributed by atoms with van der Waals surface area (Å²) in [5.41, 5.74) is 0. The quantitative estimate of drug-likeness (QED) is 0.0347. The number of hydrogen-bond acceptors (Lipinski definition) is 5. The highest BCUT2D eigenvalue weighted by Gasteiger charge is 2.17. The third kappa shape index (κ3) is 49.5. The van der Waals surface area contributed by atoms with Crippen LogP contribution in [0.4, 0.5) is 0 Å². The number of carbonyl (C=O) groups is 2. The number of ether oxygens (including phenoxy) is 3. The van der Waals surface area contributed by atoms with Crippen LogP contribution >= 0.6 is 0 Å². The molecule has 354 valence electrons. The molecule has 0 N–H and O–H groups in total. The van der Waals surface area contributed by atoms with Crippen molar-refractivity contribution in [1.82, 2.24) is 0 Å². The van der Waals surface area contributed by atoms with Crippen LogP contribution in [0.15, 0.2) is 97.2 Å². The summed E-state index contributed by atoms with van der Waals surface area (Å²) in [7, 11) is 0. The number of hydrogen-bond donors (Lipinski definition) is 0. The second-order valence-corrected chi connectivity index (χ2v) is 16.7. The van der Waals surface area contributed by atoms with E-state index in [9.17, 15) is 9.59 Å². The van der Waals surface area contributed by atoms with E-state index in [4.69, 9.17) is 14.2 Å². The maximum atomic E-state index is 12.8. The average Bonchev–Trinajstić information content (AvgIpc) is 3.27. The Bertz CT molecular complexity index is 1200. The van der Waals surface area contributed by atoms with E-state index < -0.39 is 6.10 Å². The van der Waals surface area contributed by atoms with Crippen molar-refractivity contribution in [2.24, 2.45) is 0 Å². The van der Waals surface area contributed by atoms with Gasteiger partial charge in [-0.05, 0) is 96.3 Å². The van der Waals surface area contributed by atoms with Crippen LogP contribution in [0.1, 0.15) is 226 Å². The summed E-state index contributed by atoms with van der Waals surface area (Å²) in [6.45, 7) is 7.47. The van der Waals surface area contributed by atoms with Crippen LogP contribution < -0.4 is 0 Å². The molecule has 0 aliphatic carbocycles. The van der Waals surface area contributed by atoms with Gasteiger partial charge in [0.15, 0.2) is 6.10 Å². The SMILES string of the molecule is CC/C=C\C/C=C\C/C=C\C/C=C\C/C=C\CCCCOCC(COC(=O)CCCCCCCCCCCCCCCCC)OC(=O)CCCCC/C=C\C/C=C\C/C=C\CC. The van der Waals surface area contributed by atoms with Crippen LogP contribution in [0.5, 0.6) is 0 Å². The van der Waals surface area contributed by atoms with Gasteiger partial charge in [0.1, 0.15) is 6.61 Å². The van der Waals surface area contributed by atoms with Gasteiger partial charge in [0.2, 0.25) is 0 Å². The third-order valence-electron chi connectivity index (χ3n) is 10.6. The van der Waals surface area contributed by atoms with E-state index in [-0.39, 0.29) is 25.2 Å². The van der Waals surface area contributed by atoms with Crippen LogP contribution in [-0.4, -0.2) is 37.9 Å². The summed E-state index contributed by atoms with van der Waals surface area (Å²) in [6.07, 6.45) is 69.9. The zero-order chi connectivity index (χ0) is 44.9. The van der Waals surface area contributed by atoms with Crippen molar-refractivity contribution >= 4 is 11.9 Å². The van der Waals surface area contributed by atoms with E-state index in [1.165, 1.54) is 83.5 Å². The topological polar surface area (TPSA) is 61.8 Å². The first-order chi connectivity index (χ1) is 30.6. The first kappa shape index (κ1) is 58.8. The predicted molar refractivity (Wildman–Crippen MR) is 270 cm³/mol. The van der Waals surface area contributed by atoms with Crippen LogP contribution in [0.3, 0.4) is 0 Å². The lowest BCUT2D eigenvalue weighted by Gasteiger charge is -2.18. The first-order valence-electron chi connectivity index (χ1n) is 25.8. The third-order valence-corrected chi connectivity index (χ3v) is 10.6. The highest BCUT2D eigenvalue weighted by molar-refractivity contribution is 5.70. The minimum absolute atomic E-state index is 0.0531. The minimum atomic E-state index is -0.577. The highest BCUT2D eigenvalue weighted by atomic mass is 16.6. The molecule has 0 aliphatic rings. The van der Waals surface area contributed by atoms with Gasteiger partial charge >= 0.3 is 11.9 Å². The second kappa shape index (κ2) is 52.2. The van der Waals surface area contributed by atoms with Gasteiger partial charge in [-0.1, -0.05) is 214 Å². The molecule has 0 saturated heterocycles. The molecule has 0 rings (SSSR count). The molecule has 0 saturated carbocycles. The van der Waals surface area contributed by atoms with Gasteiger partial charge in [0.05, 0.1) is 6.61 Å². The monoisotopic (exact) mass is 861 g/mol. The first-order valence-corrected chi connectivity index (χ1v) is 25.8. The molecule has 0 fully saturated rings. The van der Waals surface area contributed by atoms with E-state index in [0.717, 1.165) is 109 Å². The molecule has 1 unspecified atom stereocenters. The van der Waals surface area contributed by atoms with Crippen LogP contribution in [0.2, 0.25) is 0 Å². The summed E-state index contributed by atoms with van der Waals surface area (Å²) in [6, 6.07) is 0. The molecular weight excluding hydrogens is 765 g/mol. The summed E-state index contributed by atoms with van der Waals surface area (Å²) >= 11 is 0. The minimum Gasteiger partial charge on any atom is -0.462 e. The van der Waals surface area contributed by atoms with E-state index in [0.29, 0.717) is 19.4 Å². The number of rotatable bonds is 46. The van der Waals surface area contributed by atoms with Gasteiger partial charge in [-0.2, -0.15) is 0 Å². The maximum Gasteiger partial charge on any atom is 0.306 e. The molecule has 0 radical (unpaired) electrons. The van der Waals surface area contributed by atoms with Gasteiger partial charge in [0, 0.05) is 19.4 Å². The summed E-state index contributed by atoms with van der Waals surface area (Å²) < 4.78 is 17.3. The molecule has 5 nitrogen and oxygen atoms in total. The largest absolute Gasteiger partial charge is 0.462 e. The molecule has 0 aromatic heterocycles.